The van der Waals surface area contributed by atoms with Crippen LogP contribution in [0, 0.1) is 11.6 Å². The molecule has 1 rings (SSSR count). The number of hydrogen-bond donors (Lipinski definition) is 1. The third kappa shape index (κ3) is 8.36. The molecule has 0 aromatic heterocycles. The Labute approximate surface area is 201 Å². The molecule has 0 aliphatic carbocycles. The molecule has 0 saturated carbocycles. The van der Waals surface area contributed by atoms with Crippen LogP contribution in [0.1, 0.15) is 74.8 Å². The second-order valence-electron chi connectivity index (χ2n) is 10.3. The molecule has 0 fully saturated rings. The number of urea groups is 1. The second-order valence-corrected chi connectivity index (χ2v) is 15.9. The van der Waals surface area contributed by atoms with Crippen molar-refractivity contribution < 1.29 is 14.3 Å². The summed E-state index contributed by atoms with van der Waals surface area (Å²) in [5.74, 6) is -0.508. The SMILES string of the molecule is CC(C)[Si](C#CN(/N=C/c1ccccc1)C(=O)N[C@@H](C)C(=O)OC(C)(C)C)(C(C)C)C(C)C. The van der Waals surface area contributed by atoms with E-state index < -0.39 is 31.7 Å². The zero-order valence-electron chi connectivity index (χ0n) is 21.9. The van der Waals surface area contributed by atoms with Gasteiger partial charge in [0, 0.05) is 6.04 Å². The van der Waals surface area contributed by atoms with Crippen molar-refractivity contribution in [2.24, 2.45) is 5.10 Å². The summed E-state index contributed by atoms with van der Waals surface area (Å²) in [6, 6.07) is 11.2. The number of rotatable bonds is 7. The van der Waals surface area contributed by atoms with Gasteiger partial charge < -0.3 is 10.1 Å². The van der Waals surface area contributed by atoms with Crippen molar-refractivity contribution in [2.75, 3.05) is 0 Å². The molecule has 7 heteroatoms. The highest BCUT2D eigenvalue weighted by molar-refractivity contribution is 6.90. The molecular formula is C26H41N3O3Si. The molecule has 0 radical (unpaired) electrons. The Morgan fingerprint density at radius 1 is 1.00 bits per heavy atom. The Balaban J connectivity index is 3.30. The summed E-state index contributed by atoms with van der Waals surface area (Å²) in [6.07, 6.45) is 1.59. The van der Waals surface area contributed by atoms with Gasteiger partial charge in [-0.25, -0.2) is 9.59 Å². The number of esters is 1. The molecule has 0 aliphatic rings. The summed E-state index contributed by atoms with van der Waals surface area (Å²) < 4.78 is 5.38. The van der Waals surface area contributed by atoms with Crippen LogP contribution in [-0.2, 0) is 9.53 Å². The molecule has 0 heterocycles. The van der Waals surface area contributed by atoms with Crippen LogP contribution in [0.2, 0.25) is 16.6 Å². The molecule has 1 aromatic rings. The molecule has 0 spiro atoms. The first-order valence-electron chi connectivity index (χ1n) is 11.7. The van der Waals surface area contributed by atoms with Gasteiger partial charge in [-0.05, 0) is 49.9 Å². The van der Waals surface area contributed by atoms with E-state index in [1.54, 1.807) is 33.9 Å². The van der Waals surface area contributed by atoms with Crippen LogP contribution >= 0.6 is 0 Å². The van der Waals surface area contributed by atoms with Crippen LogP contribution in [-0.4, -0.2) is 42.9 Å². The Bertz CT molecular complexity index is 856. The van der Waals surface area contributed by atoms with Crippen molar-refractivity contribution in [3.8, 4) is 11.6 Å². The Morgan fingerprint density at radius 3 is 1.97 bits per heavy atom. The lowest BCUT2D eigenvalue weighted by Crippen LogP contribution is -2.46. The maximum Gasteiger partial charge on any atom is 0.350 e. The quantitative estimate of drug-likeness (QED) is 0.134. The molecule has 6 nitrogen and oxygen atoms in total. The predicted octanol–water partition coefficient (Wildman–Crippen LogP) is 5.94. The first kappa shape index (κ1) is 28.4. The Morgan fingerprint density at radius 2 is 1.52 bits per heavy atom. The van der Waals surface area contributed by atoms with Gasteiger partial charge in [-0.15, -0.1) is 10.6 Å². The van der Waals surface area contributed by atoms with Gasteiger partial charge in [-0.3, -0.25) is 0 Å². The number of nitrogens with one attached hydrogen (secondary N) is 1. The lowest BCUT2D eigenvalue weighted by Gasteiger charge is -2.38. The maximum absolute atomic E-state index is 13.1. The van der Waals surface area contributed by atoms with Gasteiger partial charge in [0.25, 0.3) is 0 Å². The summed E-state index contributed by atoms with van der Waals surface area (Å²) in [5, 5.41) is 8.14. The van der Waals surface area contributed by atoms with Crippen LogP contribution in [0.4, 0.5) is 4.79 Å². The van der Waals surface area contributed by atoms with Crippen LogP contribution in [0.5, 0.6) is 0 Å². The monoisotopic (exact) mass is 471 g/mol. The van der Waals surface area contributed by atoms with Gasteiger partial charge in [0.2, 0.25) is 0 Å². The van der Waals surface area contributed by atoms with E-state index in [1.165, 1.54) is 0 Å². The van der Waals surface area contributed by atoms with E-state index in [4.69, 9.17) is 4.74 Å². The maximum atomic E-state index is 13.1. The zero-order chi connectivity index (χ0) is 25.4. The summed E-state index contributed by atoms with van der Waals surface area (Å²) >= 11 is 0. The molecule has 33 heavy (non-hydrogen) atoms. The van der Waals surface area contributed by atoms with Crippen LogP contribution in [0.25, 0.3) is 0 Å². The molecule has 0 bridgehead atoms. The normalized spacial score (nSPS) is 13.1. The van der Waals surface area contributed by atoms with Crippen LogP contribution in [0.3, 0.4) is 0 Å². The molecule has 1 N–H and O–H groups in total. The Hall–Kier alpha value is -2.59. The van der Waals surface area contributed by atoms with Crippen LogP contribution in [0.15, 0.2) is 35.4 Å². The fourth-order valence-electron chi connectivity index (χ4n) is 4.07. The fourth-order valence-corrected chi connectivity index (χ4v) is 9.24. The van der Waals surface area contributed by atoms with Gasteiger partial charge >= 0.3 is 12.0 Å². The van der Waals surface area contributed by atoms with Gasteiger partial charge in [0.1, 0.15) is 19.7 Å². The number of ether oxygens (including phenoxy) is 1. The summed E-state index contributed by atoms with van der Waals surface area (Å²) in [5.41, 5.74) is 4.95. The smallest absolute Gasteiger partial charge is 0.350 e. The van der Waals surface area contributed by atoms with Crippen molar-refractivity contribution in [1.82, 2.24) is 10.3 Å². The number of carbonyl (C=O) groups is 2. The van der Waals surface area contributed by atoms with Gasteiger partial charge in [-0.1, -0.05) is 71.9 Å². The molecule has 0 unspecified atom stereocenters. The van der Waals surface area contributed by atoms with E-state index >= 15 is 0 Å². The minimum absolute atomic E-state index is 0.411. The van der Waals surface area contributed by atoms with Crippen molar-refractivity contribution in [3.63, 3.8) is 0 Å². The average Bonchev–Trinajstić information content (AvgIpc) is 2.69. The minimum Gasteiger partial charge on any atom is -0.458 e. The number of hydrogen-bond acceptors (Lipinski definition) is 4. The van der Waals surface area contributed by atoms with E-state index in [1.807, 2.05) is 30.3 Å². The summed E-state index contributed by atoms with van der Waals surface area (Å²) in [4.78, 5) is 25.4. The molecule has 0 saturated heterocycles. The number of carbonyl (C=O) groups excluding carboxylic acids is 2. The highest BCUT2D eigenvalue weighted by Crippen LogP contribution is 2.40. The molecule has 1 aromatic carbocycles. The first-order chi connectivity index (χ1) is 15.2. The molecule has 1 atom stereocenters. The van der Waals surface area contributed by atoms with Gasteiger partial charge in [0.15, 0.2) is 0 Å². The van der Waals surface area contributed by atoms with Crippen molar-refractivity contribution in [3.05, 3.63) is 35.9 Å². The number of nitrogens with zero attached hydrogens (tertiary/aromatic N) is 2. The topological polar surface area (TPSA) is 71.0 Å². The fraction of sp³-hybridized carbons (Fsp3) is 0.577. The Kier molecular flexibility index (Phi) is 10.4. The highest BCUT2D eigenvalue weighted by atomic mass is 28.3. The third-order valence-electron chi connectivity index (χ3n) is 5.66. The highest BCUT2D eigenvalue weighted by Gasteiger charge is 2.42. The van der Waals surface area contributed by atoms with Crippen molar-refractivity contribution >= 4 is 26.3 Å². The number of benzene rings is 1. The standard InChI is InChI=1S/C26H41N3O3Si/c1-19(2)33(20(3)4,21(5)6)17-16-29(27-18-23-14-12-11-13-15-23)25(31)28-22(7)24(30)32-26(8,9)10/h11-15,18-22H,1-10H3,(H,28,31)/b27-18+/t22-/m0/s1. The minimum atomic E-state index is -2.09. The van der Waals surface area contributed by atoms with E-state index in [-0.39, 0.29) is 0 Å². The molecule has 2 amide bonds. The molecular weight excluding hydrogens is 430 g/mol. The first-order valence-corrected chi connectivity index (χ1v) is 13.9. The summed E-state index contributed by atoms with van der Waals surface area (Å²) in [6.45, 7) is 20.2. The molecule has 0 aliphatic heterocycles. The van der Waals surface area contributed by atoms with Crippen LogP contribution < -0.4 is 5.32 Å². The van der Waals surface area contributed by atoms with E-state index in [0.717, 1.165) is 10.6 Å². The zero-order valence-corrected chi connectivity index (χ0v) is 22.9. The molecule has 182 valence electrons. The number of amides is 2. The van der Waals surface area contributed by atoms with E-state index in [0.29, 0.717) is 16.6 Å². The summed E-state index contributed by atoms with van der Waals surface area (Å²) in [7, 11) is -2.09. The second kappa shape index (κ2) is 12.0. The van der Waals surface area contributed by atoms with Gasteiger partial charge in [0.05, 0.1) is 6.21 Å². The third-order valence-corrected chi connectivity index (χ3v) is 11.9. The lowest BCUT2D eigenvalue weighted by atomic mass is 10.2. The van der Waals surface area contributed by atoms with Gasteiger partial charge in [-0.2, -0.15) is 5.10 Å². The average molecular weight is 472 g/mol. The van der Waals surface area contributed by atoms with E-state index in [9.17, 15) is 9.59 Å². The van der Waals surface area contributed by atoms with E-state index in [2.05, 4.69) is 63.5 Å². The van der Waals surface area contributed by atoms with Crippen molar-refractivity contribution in [2.45, 2.75) is 97.5 Å². The predicted molar refractivity (Wildman–Crippen MR) is 139 cm³/mol. The largest absolute Gasteiger partial charge is 0.458 e. The lowest BCUT2D eigenvalue weighted by molar-refractivity contribution is -0.156. The number of hydrazone groups is 1. The van der Waals surface area contributed by atoms with Crippen molar-refractivity contribution in [1.29, 1.82) is 0 Å².